The highest BCUT2D eigenvalue weighted by Crippen LogP contribution is 2.18. The molecule has 1 N–H and O–H groups in total. The standard InChI is InChI=1S/C9H17NO3/c1-9(2,3)13-6-5-10-7(6)8(11)12-4/h6-7,10H,5H2,1-4H3/t6-,7+/m1/s1. The number of methoxy groups -OCH3 is 1. The Hall–Kier alpha value is -0.610. The number of carbonyl (C=O) groups is 1. The lowest BCUT2D eigenvalue weighted by atomic mass is 10.0. The van der Waals surface area contributed by atoms with E-state index in [-0.39, 0.29) is 23.7 Å². The van der Waals surface area contributed by atoms with Crippen molar-refractivity contribution in [2.75, 3.05) is 13.7 Å². The third-order valence-corrected chi connectivity index (χ3v) is 1.87. The Kier molecular flexibility index (Phi) is 2.93. The van der Waals surface area contributed by atoms with Gasteiger partial charge in [-0.25, -0.2) is 0 Å². The van der Waals surface area contributed by atoms with Crippen molar-refractivity contribution >= 4 is 5.97 Å². The van der Waals surface area contributed by atoms with Crippen LogP contribution in [0.4, 0.5) is 0 Å². The summed E-state index contributed by atoms with van der Waals surface area (Å²) in [6.45, 7) is 6.63. The summed E-state index contributed by atoms with van der Waals surface area (Å²) in [5.74, 6) is -0.250. The van der Waals surface area contributed by atoms with Gasteiger partial charge in [-0.3, -0.25) is 10.1 Å². The van der Waals surface area contributed by atoms with Crippen LogP contribution in [-0.2, 0) is 14.3 Å². The van der Waals surface area contributed by atoms with E-state index < -0.39 is 0 Å². The summed E-state index contributed by atoms with van der Waals surface area (Å²) in [4.78, 5) is 11.1. The third-order valence-electron chi connectivity index (χ3n) is 1.87. The van der Waals surface area contributed by atoms with Crippen molar-refractivity contribution in [3.8, 4) is 0 Å². The van der Waals surface area contributed by atoms with Gasteiger partial charge in [0.2, 0.25) is 0 Å². The Morgan fingerprint density at radius 3 is 2.38 bits per heavy atom. The van der Waals surface area contributed by atoms with Gasteiger partial charge < -0.3 is 9.47 Å². The van der Waals surface area contributed by atoms with E-state index >= 15 is 0 Å². The van der Waals surface area contributed by atoms with E-state index in [1.165, 1.54) is 7.11 Å². The quantitative estimate of drug-likeness (QED) is 0.632. The van der Waals surface area contributed by atoms with Gasteiger partial charge >= 0.3 is 5.97 Å². The molecule has 4 nitrogen and oxygen atoms in total. The first-order chi connectivity index (χ1) is 5.94. The molecular formula is C9H17NO3. The Labute approximate surface area is 78.6 Å². The lowest BCUT2D eigenvalue weighted by molar-refractivity contribution is -0.160. The minimum absolute atomic E-state index is 0.0487. The second kappa shape index (κ2) is 3.64. The second-order valence-electron chi connectivity index (χ2n) is 4.18. The van der Waals surface area contributed by atoms with E-state index in [2.05, 4.69) is 10.1 Å². The van der Waals surface area contributed by atoms with Crippen LogP contribution in [0.5, 0.6) is 0 Å². The molecule has 0 aromatic carbocycles. The maximum Gasteiger partial charge on any atom is 0.325 e. The van der Waals surface area contributed by atoms with E-state index in [0.29, 0.717) is 0 Å². The van der Waals surface area contributed by atoms with Crippen molar-refractivity contribution < 1.29 is 14.3 Å². The maximum atomic E-state index is 11.1. The van der Waals surface area contributed by atoms with E-state index in [0.717, 1.165) is 6.54 Å². The fourth-order valence-electron chi connectivity index (χ4n) is 1.26. The zero-order chi connectivity index (χ0) is 10.1. The molecule has 76 valence electrons. The molecule has 0 bridgehead atoms. The number of hydrogen-bond donors (Lipinski definition) is 1. The molecule has 2 atom stereocenters. The van der Waals surface area contributed by atoms with Crippen LogP contribution in [0.3, 0.4) is 0 Å². The van der Waals surface area contributed by atoms with Crippen molar-refractivity contribution in [3.05, 3.63) is 0 Å². The largest absolute Gasteiger partial charge is 0.468 e. The van der Waals surface area contributed by atoms with Crippen LogP contribution >= 0.6 is 0 Å². The van der Waals surface area contributed by atoms with E-state index in [9.17, 15) is 4.79 Å². The summed E-state index contributed by atoms with van der Waals surface area (Å²) in [5, 5.41) is 2.97. The highest BCUT2D eigenvalue weighted by atomic mass is 16.5. The van der Waals surface area contributed by atoms with Gasteiger partial charge in [-0.05, 0) is 20.8 Å². The topological polar surface area (TPSA) is 47.6 Å². The number of ether oxygens (including phenoxy) is 2. The highest BCUT2D eigenvalue weighted by Gasteiger charge is 2.39. The lowest BCUT2D eigenvalue weighted by Crippen LogP contribution is -2.64. The van der Waals surface area contributed by atoms with Gasteiger partial charge in [0.05, 0.1) is 18.8 Å². The van der Waals surface area contributed by atoms with Crippen LogP contribution in [0, 0.1) is 0 Å². The first-order valence-corrected chi connectivity index (χ1v) is 4.43. The van der Waals surface area contributed by atoms with Gasteiger partial charge in [-0.2, -0.15) is 0 Å². The number of nitrogens with one attached hydrogen (secondary N) is 1. The van der Waals surface area contributed by atoms with Crippen molar-refractivity contribution in [2.45, 2.75) is 38.5 Å². The van der Waals surface area contributed by atoms with E-state index in [1.54, 1.807) is 0 Å². The molecule has 4 heteroatoms. The van der Waals surface area contributed by atoms with Gasteiger partial charge in [0.15, 0.2) is 0 Å². The molecular weight excluding hydrogens is 170 g/mol. The molecule has 0 radical (unpaired) electrons. The molecule has 1 saturated heterocycles. The fourth-order valence-corrected chi connectivity index (χ4v) is 1.26. The highest BCUT2D eigenvalue weighted by molar-refractivity contribution is 5.77. The summed E-state index contributed by atoms with van der Waals surface area (Å²) in [5.41, 5.74) is -0.209. The molecule has 0 saturated carbocycles. The predicted molar refractivity (Wildman–Crippen MR) is 48.4 cm³/mol. The summed E-state index contributed by atoms with van der Waals surface area (Å²) < 4.78 is 10.3. The number of esters is 1. The number of rotatable bonds is 2. The van der Waals surface area contributed by atoms with Crippen molar-refractivity contribution in [1.29, 1.82) is 0 Å². The van der Waals surface area contributed by atoms with Gasteiger partial charge in [0.25, 0.3) is 0 Å². The first-order valence-electron chi connectivity index (χ1n) is 4.43. The van der Waals surface area contributed by atoms with Gasteiger partial charge in [-0.1, -0.05) is 0 Å². The molecule has 0 unspecified atom stereocenters. The molecule has 1 rings (SSSR count). The first kappa shape index (κ1) is 10.5. The van der Waals surface area contributed by atoms with Crippen LogP contribution in [0.2, 0.25) is 0 Å². The van der Waals surface area contributed by atoms with E-state index in [4.69, 9.17) is 4.74 Å². The summed E-state index contributed by atoms with van der Waals surface area (Å²) in [6, 6.07) is -0.288. The minimum Gasteiger partial charge on any atom is -0.468 e. The SMILES string of the molecule is COC(=O)[C@H]1NC[C@H]1OC(C)(C)C. The fraction of sp³-hybridized carbons (Fsp3) is 0.889. The summed E-state index contributed by atoms with van der Waals surface area (Å²) >= 11 is 0. The molecule has 0 spiro atoms. The zero-order valence-corrected chi connectivity index (χ0v) is 8.59. The lowest BCUT2D eigenvalue weighted by Gasteiger charge is -2.39. The molecule has 0 aromatic heterocycles. The third kappa shape index (κ3) is 2.67. The Morgan fingerprint density at radius 2 is 2.08 bits per heavy atom. The van der Waals surface area contributed by atoms with Gasteiger partial charge in [0, 0.05) is 6.54 Å². The zero-order valence-electron chi connectivity index (χ0n) is 8.59. The molecule has 13 heavy (non-hydrogen) atoms. The number of carbonyl (C=O) groups excluding carboxylic acids is 1. The summed E-state index contributed by atoms with van der Waals surface area (Å²) in [6.07, 6.45) is -0.0487. The smallest absolute Gasteiger partial charge is 0.325 e. The van der Waals surface area contributed by atoms with Crippen LogP contribution in [0.25, 0.3) is 0 Å². The van der Waals surface area contributed by atoms with Crippen molar-refractivity contribution in [2.24, 2.45) is 0 Å². The average molecular weight is 187 g/mol. The number of hydrogen-bond acceptors (Lipinski definition) is 4. The Bertz CT molecular complexity index is 198. The van der Waals surface area contributed by atoms with Crippen LogP contribution < -0.4 is 5.32 Å². The Morgan fingerprint density at radius 1 is 1.46 bits per heavy atom. The monoisotopic (exact) mass is 187 g/mol. The second-order valence-corrected chi connectivity index (χ2v) is 4.18. The molecule has 0 aliphatic carbocycles. The van der Waals surface area contributed by atoms with Gasteiger partial charge in [-0.15, -0.1) is 0 Å². The molecule has 1 aliphatic rings. The van der Waals surface area contributed by atoms with Crippen molar-refractivity contribution in [1.82, 2.24) is 5.32 Å². The molecule has 1 heterocycles. The van der Waals surface area contributed by atoms with Gasteiger partial charge in [0.1, 0.15) is 6.04 Å². The predicted octanol–water partition coefficient (Wildman–Crippen LogP) is 0.315. The molecule has 0 amide bonds. The normalized spacial score (nSPS) is 28.0. The van der Waals surface area contributed by atoms with E-state index in [1.807, 2.05) is 20.8 Å². The molecule has 0 aromatic rings. The van der Waals surface area contributed by atoms with Crippen LogP contribution in [0.1, 0.15) is 20.8 Å². The molecule has 1 aliphatic heterocycles. The summed E-state index contributed by atoms with van der Waals surface area (Å²) in [7, 11) is 1.39. The minimum atomic E-state index is -0.288. The molecule has 1 fully saturated rings. The van der Waals surface area contributed by atoms with Crippen LogP contribution in [-0.4, -0.2) is 37.4 Å². The van der Waals surface area contributed by atoms with Crippen molar-refractivity contribution in [3.63, 3.8) is 0 Å². The Balaban J connectivity index is 2.41. The average Bonchev–Trinajstić information content (AvgIpc) is 1.96. The maximum absolute atomic E-state index is 11.1. The van der Waals surface area contributed by atoms with Crippen LogP contribution in [0.15, 0.2) is 0 Å².